The molecule has 5 heteroatoms. The number of fused-ring (bicyclic) bond motifs is 1. The maximum absolute atomic E-state index is 11.6. The number of nitrogen functional groups attached to an aromatic ring is 2. The molecule has 3 aromatic rings. The zero-order chi connectivity index (χ0) is 17.1. The molecular formula is C19H19N3O2. The van der Waals surface area contributed by atoms with Crippen LogP contribution in [0.4, 0.5) is 11.4 Å². The molecule has 0 bridgehead atoms. The van der Waals surface area contributed by atoms with Crippen molar-refractivity contribution in [2.45, 2.75) is 13.3 Å². The Morgan fingerprint density at radius 3 is 2.67 bits per heavy atom. The fraction of sp³-hybridized carbons (Fsp3) is 0.158. The third-order valence-corrected chi connectivity index (χ3v) is 3.88. The summed E-state index contributed by atoms with van der Waals surface area (Å²) >= 11 is 0. The third kappa shape index (κ3) is 3.01. The Labute approximate surface area is 140 Å². The summed E-state index contributed by atoms with van der Waals surface area (Å²) in [6.45, 7) is 2.14. The molecule has 4 N–H and O–H groups in total. The van der Waals surface area contributed by atoms with E-state index in [9.17, 15) is 4.79 Å². The number of benzene rings is 2. The monoisotopic (exact) mass is 321 g/mol. The first kappa shape index (κ1) is 15.8. The minimum Gasteiger partial charge on any atom is -0.466 e. The molecule has 0 atom stereocenters. The highest BCUT2D eigenvalue weighted by Gasteiger charge is 2.12. The molecule has 0 aliphatic heterocycles. The van der Waals surface area contributed by atoms with E-state index < -0.39 is 0 Å². The molecule has 0 aliphatic rings. The number of anilines is 2. The summed E-state index contributed by atoms with van der Waals surface area (Å²) in [4.78, 5) is 16.0. The van der Waals surface area contributed by atoms with Gasteiger partial charge in [0.15, 0.2) is 0 Å². The van der Waals surface area contributed by atoms with Crippen LogP contribution in [0.3, 0.4) is 0 Å². The lowest BCUT2D eigenvalue weighted by Crippen LogP contribution is -2.09. The minimum atomic E-state index is -0.286. The van der Waals surface area contributed by atoms with Crippen molar-refractivity contribution in [3.8, 4) is 11.1 Å². The largest absolute Gasteiger partial charge is 0.466 e. The molecule has 1 heterocycles. The average molecular weight is 321 g/mol. The molecule has 0 aliphatic carbocycles. The van der Waals surface area contributed by atoms with E-state index in [2.05, 4.69) is 4.98 Å². The zero-order valence-corrected chi connectivity index (χ0v) is 13.5. The number of carbonyl (C=O) groups is 1. The highest BCUT2D eigenvalue weighted by Crippen LogP contribution is 2.34. The zero-order valence-electron chi connectivity index (χ0n) is 13.5. The van der Waals surface area contributed by atoms with Crippen LogP contribution in [0.25, 0.3) is 22.0 Å². The van der Waals surface area contributed by atoms with Crippen molar-refractivity contribution < 1.29 is 9.53 Å². The maximum atomic E-state index is 11.6. The second-order valence-corrected chi connectivity index (χ2v) is 5.50. The molecule has 0 unspecified atom stereocenters. The van der Waals surface area contributed by atoms with E-state index in [0.717, 1.165) is 27.6 Å². The van der Waals surface area contributed by atoms with E-state index in [1.54, 1.807) is 13.1 Å². The summed E-state index contributed by atoms with van der Waals surface area (Å²) in [7, 11) is 0. The lowest BCUT2D eigenvalue weighted by Gasteiger charge is -2.12. The Bertz CT molecular complexity index is 906. The van der Waals surface area contributed by atoms with E-state index in [4.69, 9.17) is 16.2 Å². The van der Waals surface area contributed by atoms with E-state index >= 15 is 0 Å². The number of nitrogens with two attached hydrogens (primary N) is 2. The van der Waals surface area contributed by atoms with Crippen LogP contribution in [-0.2, 0) is 16.0 Å². The SMILES string of the molecule is CCOC(=O)Cc1ccc(-c2c(N)cnc3ccccc23)cc1N. The van der Waals surface area contributed by atoms with Crippen molar-refractivity contribution >= 4 is 28.2 Å². The average Bonchev–Trinajstić information content (AvgIpc) is 2.57. The van der Waals surface area contributed by atoms with Crippen LogP contribution in [0.15, 0.2) is 48.7 Å². The molecule has 0 spiro atoms. The number of hydrogen-bond donors (Lipinski definition) is 2. The second-order valence-electron chi connectivity index (χ2n) is 5.50. The minimum absolute atomic E-state index is 0.159. The van der Waals surface area contributed by atoms with Crippen LogP contribution < -0.4 is 11.5 Å². The van der Waals surface area contributed by atoms with Gasteiger partial charge in [-0.05, 0) is 30.2 Å². The summed E-state index contributed by atoms with van der Waals surface area (Å²) < 4.78 is 4.97. The highest BCUT2D eigenvalue weighted by atomic mass is 16.5. The number of hydrogen-bond acceptors (Lipinski definition) is 5. The number of nitrogens with zero attached hydrogens (tertiary/aromatic N) is 1. The summed E-state index contributed by atoms with van der Waals surface area (Å²) in [5, 5.41) is 0.968. The normalized spacial score (nSPS) is 10.7. The molecule has 5 nitrogen and oxygen atoms in total. The number of aromatic nitrogens is 1. The number of esters is 1. The molecule has 0 radical (unpaired) electrons. The van der Waals surface area contributed by atoms with Crippen molar-refractivity contribution in [3.63, 3.8) is 0 Å². The van der Waals surface area contributed by atoms with Gasteiger partial charge in [-0.25, -0.2) is 0 Å². The lowest BCUT2D eigenvalue weighted by molar-refractivity contribution is -0.142. The molecule has 122 valence electrons. The van der Waals surface area contributed by atoms with Crippen LogP contribution in [0.1, 0.15) is 12.5 Å². The lowest BCUT2D eigenvalue weighted by atomic mass is 9.97. The Kier molecular flexibility index (Phi) is 4.33. The first-order valence-corrected chi connectivity index (χ1v) is 7.77. The highest BCUT2D eigenvalue weighted by molar-refractivity contribution is 6.00. The third-order valence-electron chi connectivity index (χ3n) is 3.88. The van der Waals surface area contributed by atoms with Gasteiger partial charge in [-0.3, -0.25) is 9.78 Å². The molecule has 1 aromatic heterocycles. The van der Waals surface area contributed by atoms with E-state index in [-0.39, 0.29) is 12.4 Å². The van der Waals surface area contributed by atoms with Crippen molar-refractivity contribution in [1.29, 1.82) is 0 Å². The molecular weight excluding hydrogens is 302 g/mol. The summed E-state index contributed by atoms with van der Waals surface area (Å²) in [5.74, 6) is -0.286. The van der Waals surface area contributed by atoms with Gasteiger partial charge in [0.2, 0.25) is 0 Å². The van der Waals surface area contributed by atoms with Gasteiger partial charge in [0.1, 0.15) is 0 Å². The van der Waals surface area contributed by atoms with Crippen LogP contribution in [-0.4, -0.2) is 17.6 Å². The van der Waals surface area contributed by atoms with Gasteiger partial charge in [0.25, 0.3) is 0 Å². The fourth-order valence-electron chi connectivity index (χ4n) is 2.76. The number of pyridine rings is 1. The molecule has 0 amide bonds. The predicted octanol–water partition coefficient (Wildman–Crippen LogP) is 3.17. The van der Waals surface area contributed by atoms with Crippen molar-refractivity contribution in [2.24, 2.45) is 0 Å². The summed E-state index contributed by atoms with van der Waals surface area (Å²) in [6, 6.07) is 13.4. The maximum Gasteiger partial charge on any atom is 0.310 e. The summed E-state index contributed by atoms with van der Waals surface area (Å²) in [5.41, 5.74) is 16.8. The molecule has 0 saturated heterocycles. The van der Waals surface area contributed by atoms with Gasteiger partial charge in [0, 0.05) is 16.6 Å². The molecule has 2 aromatic carbocycles. The smallest absolute Gasteiger partial charge is 0.310 e. The molecule has 0 saturated carbocycles. The van der Waals surface area contributed by atoms with Crippen LogP contribution in [0, 0.1) is 0 Å². The quantitative estimate of drug-likeness (QED) is 0.569. The van der Waals surface area contributed by atoms with E-state index in [0.29, 0.717) is 18.0 Å². The van der Waals surface area contributed by atoms with Gasteiger partial charge < -0.3 is 16.2 Å². The van der Waals surface area contributed by atoms with E-state index in [1.807, 2.05) is 42.5 Å². The van der Waals surface area contributed by atoms with Crippen molar-refractivity contribution in [1.82, 2.24) is 4.98 Å². The standard InChI is InChI=1S/C19H19N3O2/c1-2-24-18(23)10-12-7-8-13(9-15(12)20)19-14-5-3-4-6-17(14)22-11-16(19)21/h3-9,11H,2,10,20-21H2,1H3. The van der Waals surface area contributed by atoms with Crippen LogP contribution >= 0.6 is 0 Å². The van der Waals surface area contributed by atoms with Crippen molar-refractivity contribution in [2.75, 3.05) is 18.1 Å². The van der Waals surface area contributed by atoms with E-state index in [1.165, 1.54) is 0 Å². The van der Waals surface area contributed by atoms with Crippen LogP contribution in [0.2, 0.25) is 0 Å². The van der Waals surface area contributed by atoms with Crippen LogP contribution in [0.5, 0.6) is 0 Å². The Morgan fingerprint density at radius 1 is 1.12 bits per heavy atom. The Morgan fingerprint density at radius 2 is 1.92 bits per heavy atom. The first-order valence-electron chi connectivity index (χ1n) is 7.77. The van der Waals surface area contributed by atoms with Gasteiger partial charge in [-0.2, -0.15) is 0 Å². The number of carbonyl (C=O) groups excluding carboxylic acids is 1. The first-order chi connectivity index (χ1) is 11.6. The molecule has 24 heavy (non-hydrogen) atoms. The number of rotatable bonds is 4. The summed E-state index contributed by atoms with van der Waals surface area (Å²) in [6.07, 6.45) is 1.81. The van der Waals surface area contributed by atoms with Gasteiger partial charge >= 0.3 is 5.97 Å². The number of ether oxygens (including phenoxy) is 1. The topological polar surface area (TPSA) is 91.2 Å². The Balaban J connectivity index is 2.04. The van der Waals surface area contributed by atoms with Crippen molar-refractivity contribution in [3.05, 3.63) is 54.2 Å². The van der Waals surface area contributed by atoms with Gasteiger partial charge in [-0.15, -0.1) is 0 Å². The molecule has 0 fully saturated rings. The van der Waals surface area contributed by atoms with Gasteiger partial charge in [-0.1, -0.05) is 30.3 Å². The second kappa shape index (κ2) is 6.58. The number of para-hydroxylation sites is 1. The predicted molar refractivity (Wildman–Crippen MR) is 96.3 cm³/mol. The molecule has 3 rings (SSSR count). The Hall–Kier alpha value is -3.08. The fourth-order valence-corrected chi connectivity index (χ4v) is 2.76. The van der Waals surface area contributed by atoms with Gasteiger partial charge in [0.05, 0.1) is 30.4 Å².